The average Bonchev–Trinajstić information content (AvgIpc) is 3.61. The van der Waals surface area contributed by atoms with Crippen molar-refractivity contribution >= 4 is 38.3 Å². The highest BCUT2D eigenvalue weighted by Crippen LogP contribution is 2.47. The Labute approximate surface area is 294 Å². The van der Waals surface area contributed by atoms with E-state index in [1.165, 1.54) is 0 Å². The summed E-state index contributed by atoms with van der Waals surface area (Å²) in [6.07, 6.45) is 11.8. The van der Waals surface area contributed by atoms with Gasteiger partial charge >= 0.3 is 0 Å². The number of carbonyl (C=O) groups is 1. The molecule has 1 aliphatic heterocycles. The van der Waals surface area contributed by atoms with Crippen LogP contribution in [0.25, 0.3) is 11.0 Å². The van der Waals surface area contributed by atoms with Crippen molar-refractivity contribution in [2.45, 2.75) is 85.2 Å². The zero-order valence-corrected chi connectivity index (χ0v) is 31.2. The van der Waals surface area contributed by atoms with Gasteiger partial charge in [0.05, 0.1) is 15.8 Å². The Hall–Kier alpha value is -3.86. The summed E-state index contributed by atoms with van der Waals surface area (Å²) < 4.78 is 31.5. The molecule has 2 aliphatic rings. The minimum absolute atomic E-state index is 0.0970. The summed E-state index contributed by atoms with van der Waals surface area (Å²) in [5.74, 6) is 0.177. The summed E-state index contributed by atoms with van der Waals surface area (Å²) in [6.45, 7) is 15.8. The van der Waals surface area contributed by atoms with Crippen LogP contribution in [0.15, 0.2) is 83.4 Å². The molecule has 1 aliphatic carbocycles. The lowest BCUT2D eigenvalue weighted by Gasteiger charge is -2.34. The molecule has 0 radical (unpaired) electrons. The van der Waals surface area contributed by atoms with Gasteiger partial charge in [-0.2, -0.15) is 4.31 Å². The monoisotopic (exact) mass is 697 g/mol. The number of sulfonamides is 1. The molecule has 4 aromatic rings. The van der Waals surface area contributed by atoms with E-state index in [1.54, 1.807) is 27.8 Å². The number of carbonyl (C=O) groups excluding carboxylic acids is 1. The summed E-state index contributed by atoms with van der Waals surface area (Å²) in [6, 6.07) is 13.7. The standard InChI is InChI=1S/C39H47N5O3S2/c1-8-44-33-20-19-32(27(4)37(33)41-42-44)36(39(6,7)38(45)40-31-16-11-13-25(2)14-12-17-31)34-22-30(28(5)48-34)24-43-23-26(3)21-29-15-9-10-18-35(29)49(43,46)47/h9-13,15-20,22,25-26,36H,8,14,21,23-24H2,1-7H3,(H,40,45)/b13-11-,17-12+,31-16+/t25?,26-,36+/m0/s1. The first-order chi connectivity index (χ1) is 23.3. The van der Waals surface area contributed by atoms with Crippen molar-refractivity contribution in [3.63, 3.8) is 0 Å². The second kappa shape index (κ2) is 13.8. The number of hydrogen-bond donors (Lipinski definition) is 1. The lowest BCUT2D eigenvalue weighted by Crippen LogP contribution is -2.41. The number of amides is 1. The molecule has 2 aromatic heterocycles. The molecule has 2 aromatic carbocycles. The first-order valence-electron chi connectivity index (χ1n) is 17.2. The van der Waals surface area contributed by atoms with E-state index in [4.69, 9.17) is 0 Å². The average molecular weight is 698 g/mol. The van der Waals surface area contributed by atoms with Gasteiger partial charge in [-0.1, -0.05) is 75.4 Å². The van der Waals surface area contributed by atoms with Crippen LogP contribution in [0.2, 0.25) is 0 Å². The third-order valence-electron chi connectivity index (χ3n) is 10.0. The van der Waals surface area contributed by atoms with Crippen molar-refractivity contribution in [3.05, 3.63) is 111 Å². The van der Waals surface area contributed by atoms with Gasteiger partial charge in [0.1, 0.15) is 5.52 Å². The molecule has 1 N–H and O–H groups in total. The van der Waals surface area contributed by atoms with Crippen LogP contribution in [-0.4, -0.2) is 40.2 Å². The summed E-state index contributed by atoms with van der Waals surface area (Å²) in [4.78, 5) is 16.8. The van der Waals surface area contributed by atoms with Crippen LogP contribution < -0.4 is 5.32 Å². The number of fused-ring (bicyclic) bond motifs is 2. The molecule has 8 nitrogen and oxygen atoms in total. The van der Waals surface area contributed by atoms with E-state index in [0.717, 1.165) is 61.6 Å². The molecule has 1 unspecified atom stereocenters. The molecule has 258 valence electrons. The van der Waals surface area contributed by atoms with E-state index in [0.29, 0.717) is 23.9 Å². The number of nitrogens with one attached hydrogen (secondary N) is 1. The van der Waals surface area contributed by atoms with E-state index >= 15 is 0 Å². The quantitative estimate of drug-likeness (QED) is 0.203. The van der Waals surface area contributed by atoms with E-state index in [9.17, 15) is 13.2 Å². The van der Waals surface area contributed by atoms with Crippen molar-refractivity contribution in [2.24, 2.45) is 17.3 Å². The Bertz CT molecular complexity index is 2090. The van der Waals surface area contributed by atoms with Gasteiger partial charge in [-0.05, 0) is 98.1 Å². The summed E-state index contributed by atoms with van der Waals surface area (Å²) in [5.41, 5.74) is 5.45. The SMILES string of the molecule is CCn1nnc2c(C)c([C@H](c3cc(CN4C[C@@H](C)Cc5ccccc5S4(=O)=O)c(C)s3)C(C)(C)C(=O)NC3=C/C=C\C(C)C\C=C\3)ccc21. The van der Waals surface area contributed by atoms with Crippen molar-refractivity contribution in [3.8, 4) is 0 Å². The maximum Gasteiger partial charge on any atom is 0.243 e. The predicted molar refractivity (Wildman–Crippen MR) is 198 cm³/mol. The normalized spacial score (nSPS) is 22.6. The van der Waals surface area contributed by atoms with Crippen molar-refractivity contribution in [2.75, 3.05) is 6.54 Å². The zero-order valence-electron chi connectivity index (χ0n) is 29.5. The minimum Gasteiger partial charge on any atom is -0.326 e. The molecular weight excluding hydrogens is 651 g/mol. The Kier molecular flexibility index (Phi) is 9.86. The van der Waals surface area contributed by atoms with Gasteiger partial charge in [0.25, 0.3) is 0 Å². The number of thiophene rings is 1. The molecule has 0 saturated carbocycles. The fourth-order valence-electron chi connectivity index (χ4n) is 7.16. The lowest BCUT2D eigenvalue weighted by atomic mass is 9.72. The fraction of sp³-hybridized carbons (Fsp3) is 0.410. The third kappa shape index (κ3) is 6.83. The van der Waals surface area contributed by atoms with Crippen LogP contribution in [-0.2, 0) is 34.3 Å². The number of allylic oxidation sites excluding steroid dienone is 5. The first kappa shape index (κ1) is 35.0. The number of benzene rings is 2. The van der Waals surface area contributed by atoms with Crippen molar-refractivity contribution in [1.82, 2.24) is 24.6 Å². The van der Waals surface area contributed by atoms with Crippen molar-refractivity contribution in [1.29, 1.82) is 0 Å². The summed E-state index contributed by atoms with van der Waals surface area (Å²) >= 11 is 1.64. The fourth-order valence-corrected chi connectivity index (χ4v) is 10.3. The topological polar surface area (TPSA) is 97.2 Å². The van der Waals surface area contributed by atoms with Crippen LogP contribution in [0.4, 0.5) is 0 Å². The van der Waals surface area contributed by atoms with E-state index in [1.807, 2.05) is 55.8 Å². The Morgan fingerprint density at radius 3 is 2.69 bits per heavy atom. The van der Waals surface area contributed by atoms with Crippen LogP contribution in [0, 0.1) is 31.1 Å². The molecule has 0 spiro atoms. The van der Waals surface area contributed by atoms with Crippen LogP contribution >= 0.6 is 11.3 Å². The van der Waals surface area contributed by atoms with E-state index in [-0.39, 0.29) is 24.3 Å². The summed E-state index contributed by atoms with van der Waals surface area (Å²) in [5, 5.41) is 12.1. The maximum absolute atomic E-state index is 14.4. The van der Waals surface area contributed by atoms with Crippen LogP contribution in [0.1, 0.15) is 79.0 Å². The predicted octanol–water partition coefficient (Wildman–Crippen LogP) is 7.82. The second-order valence-corrected chi connectivity index (χ2v) is 17.4. The first-order valence-corrected chi connectivity index (χ1v) is 19.4. The van der Waals surface area contributed by atoms with Crippen molar-refractivity contribution < 1.29 is 13.2 Å². The number of hydrogen-bond acceptors (Lipinski definition) is 6. The number of rotatable bonds is 8. The Balaban J connectivity index is 1.42. The van der Waals surface area contributed by atoms with Gasteiger partial charge in [0.2, 0.25) is 15.9 Å². The molecule has 49 heavy (non-hydrogen) atoms. The number of aryl methyl sites for hydroxylation is 3. The smallest absolute Gasteiger partial charge is 0.243 e. The van der Waals surface area contributed by atoms with Crippen LogP contribution in [0.3, 0.4) is 0 Å². The Morgan fingerprint density at radius 1 is 1.14 bits per heavy atom. The van der Waals surface area contributed by atoms with Gasteiger partial charge in [0, 0.05) is 41.0 Å². The molecule has 0 saturated heterocycles. The highest BCUT2D eigenvalue weighted by molar-refractivity contribution is 7.89. The maximum atomic E-state index is 14.4. The van der Waals surface area contributed by atoms with E-state index < -0.39 is 15.4 Å². The minimum atomic E-state index is -3.69. The van der Waals surface area contributed by atoms with Gasteiger partial charge in [-0.15, -0.1) is 16.4 Å². The third-order valence-corrected chi connectivity index (χ3v) is 13.1. The molecule has 6 rings (SSSR count). The highest BCUT2D eigenvalue weighted by Gasteiger charge is 2.42. The largest absolute Gasteiger partial charge is 0.326 e. The molecular formula is C39H47N5O3S2. The van der Waals surface area contributed by atoms with Gasteiger partial charge in [0.15, 0.2) is 0 Å². The second-order valence-electron chi connectivity index (χ2n) is 14.2. The number of nitrogens with zero attached hydrogens (tertiary/aromatic N) is 4. The molecule has 3 atom stereocenters. The van der Waals surface area contributed by atoms with Gasteiger partial charge in [-0.3, -0.25) is 4.79 Å². The Morgan fingerprint density at radius 2 is 1.92 bits per heavy atom. The molecule has 1 amide bonds. The van der Waals surface area contributed by atoms with Gasteiger partial charge in [-0.25, -0.2) is 13.1 Å². The molecule has 0 fully saturated rings. The number of aromatic nitrogens is 3. The highest BCUT2D eigenvalue weighted by atomic mass is 32.2. The molecule has 0 bridgehead atoms. The van der Waals surface area contributed by atoms with Gasteiger partial charge < -0.3 is 5.32 Å². The molecule has 10 heteroatoms. The molecule has 3 heterocycles. The van der Waals surface area contributed by atoms with Crippen LogP contribution in [0.5, 0.6) is 0 Å². The van der Waals surface area contributed by atoms with E-state index in [2.05, 4.69) is 73.7 Å². The zero-order chi connectivity index (χ0) is 35.1. The summed E-state index contributed by atoms with van der Waals surface area (Å²) in [7, 11) is -3.69. The lowest BCUT2D eigenvalue weighted by molar-refractivity contribution is -0.129.